The molecular weight excluding hydrogens is 246 g/mol. The van der Waals surface area contributed by atoms with Gasteiger partial charge in [0.25, 0.3) is 5.91 Å². The number of hydrogen-bond acceptors (Lipinski definition) is 3. The summed E-state index contributed by atoms with van der Waals surface area (Å²) in [6.07, 6.45) is 3.05. The molecule has 0 aliphatic carbocycles. The zero-order chi connectivity index (χ0) is 13.4. The lowest BCUT2D eigenvalue weighted by Gasteiger charge is -2.13. The lowest BCUT2D eigenvalue weighted by molar-refractivity contribution is 0.0939. The van der Waals surface area contributed by atoms with E-state index in [2.05, 4.69) is 11.6 Å². The first-order valence-electron chi connectivity index (χ1n) is 6.20. The van der Waals surface area contributed by atoms with Gasteiger partial charge >= 0.3 is 0 Å². The minimum absolute atomic E-state index is 0.0369. The van der Waals surface area contributed by atoms with Crippen LogP contribution in [0.2, 0.25) is 0 Å². The molecule has 1 aromatic carbocycles. The molecule has 0 fully saturated rings. The smallest absolute Gasteiger partial charge is 0.251 e. The number of ether oxygens (including phenoxy) is 1. The van der Waals surface area contributed by atoms with E-state index in [1.165, 1.54) is 0 Å². The van der Waals surface area contributed by atoms with Crippen LogP contribution in [0.3, 0.4) is 0 Å². The minimum atomic E-state index is -0.0369. The first-order chi connectivity index (χ1) is 8.67. The van der Waals surface area contributed by atoms with Crippen molar-refractivity contribution in [1.82, 2.24) is 5.32 Å². The van der Waals surface area contributed by atoms with Gasteiger partial charge in [0, 0.05) is 11.6 Å². The molecule has 100 valence electrons. The van der Waals surface area contributed by atoms with Gasteiger partial charge in [0.2, 0.25) is 0 Å². The van der Waals surface area contributed by atoms with Crippen LogP contribution in [0.15, 0.2) is 24.3 Å². The van der Waals surface area contributed by atoms with Gasteiger partial charge in [0.1, 0.15) is 5.75 Å². The first kappa shape index (κ1) is 14.9. The van der Waals surface area contributed by atoms with E-state index in [0.29, 0.717) is 12.2 Å². The van der Waals surface area contributed by atoms with Crippen LogP contribution < -0.4 is 10.1 Å². The molecule has 0 saturated carbocycles. The maximum Gasteiger partial charge on any atom is 0.251 e. The van der Waals surface area contributed by atoms with Crippen molar-refractivity contribution in [2.75, 3.05) is 18.6 Å². The Bertz CT molecular complexity index is 382. The van der Waals surface area contributed by atoms with E-state index in [-0.39, 0.29) is 11.9 Å². The molecule has 1 amide bonds. The average Bonchev–Trinajstić information content (AvgIpc) is 2.37. The highest BCUT2D eigenvalue weighted by molar-refractivity contribution is 7.98. The van der Waals surface area contributed by atoms with Gasteiger partial charge < -0.3 is 10.1 Å². The second-order valence-corrected chi connectivity index (χ2v) is 5.10. The normalized spacial score (nSPS) is 11.9. The van der Waals surface area contributed by atoms with Crippen molar-refractivity contribution in [3.8, 4) is 5.75 Å². The molecule has 18 heavy (non-hydrogen) atoms. The van der Waals surface area contributed by atoms with E-state index in [4.69, 9.17) is 4.74 Å². The summed E-state index contributed by atoms with van der Waals surface area (Å²) < 4.78 is 5.38. The average molecular weight is 267 g/mol. The summed E-state index contributed by atoms with van der Waals surface area (Å²) in [7, 11) is 0. The van der Waals surface area contributed by atoms with Crippen molar-refractivity contribution in [2.24, 2.45) is 0 Å². The second kappa shape index (κ2) is 8.03. The lowest BCUT2D eigenvalue weighted by atomic mass is 10.1. The van der Waals surface area contributed by atoms with Gasteiger partial charge in [0.05, 0.1) is 6.61 Å². The molecule has 1 aromatic rings. The van der Waals surface area contributed by atoms with Crippen molar-refractivity contribution in [2.45, 2.75) is 26.3 Å². The number of carbonyl (C=O) groups is 1. The maximum absolute atomic E-state index is 12.0. The standard InChI is InChI=1S/C14H21NO2S/c1-4-17-13-7-5-6-12(10-13)14(16)15-11(2)8-9-18-3/h5-7,10-11H,4,8-9H2,1-3H3,(H,15,16)/t11-/m0/s1. The summed E-state index contributed by atoms with van der Waals surface area (Å²) in [5.74, 6) is 1.76. The van der Waals surface area contributed by atoms with Crippen molar-refractivity contribution in [3.63, 3.8) is 0 Å². The number of carbonyl (C=O) groups excluding carboxylic acids is 1. The number of hydrogen-bond donors (Lipinski definition) is 1. The summed E-state index contributed by atoms with van der Waals surface area (Å²) in [4.78, 5) is 12.0. The van der Waals surface area contributed by atoms with Crippen molar-refractivity contribution in [3.05, 3.63) is 29.8 Å². The van der Waals surface area contributed by atoms with Gasteiger partial charge in [-0.05, 0) is 50.5 Å². The Kier molecular flexibility index (Phi) is 6.65. The Morgan fingerprint density at radius 2 is 2.28 bits per heavy atom. The molecule has 0 unspecified atom stereocenters. The molecule has 4 heteroatoms. The highest BCUT2D eigenvalue weighted by Crippen LogP contribution is 2.13. The zero-order valence-corrected chi connectivity index (χ0v) is 12.0. The molecule has 1 atom stereocenters. The van der Waals surface area contributed by atoms with E-state index < -0.39 is 0 Å². The lowest BCUT2D eigenvalue weighted by Crippen LogP contribution is -2.32. The van der Waals surface area contributed by atoms with Crippen LogP contribution >= 0.6 is 11.8 Å². The van der Waals surface area contributed by atoms with E-state index in [0.717, 1.165) is 17.9 Å². The molecule has 0 aliphatic rings. The van der Waals surface area contributed by atoms with E-state index in [1.807, 2.05) is 26.0 Å². The van der Waals surface area contributed by atoms with Gasteiger partial charge in [-0.25, -0.2) is 0 Å². The maximum atomic E-state index is 12.0. The monoisotopic (exact) mass is 267 g/mol. The quantitative estimate of drug-likeness (QED) is 0.825. The van der Waals surface area contributed by atoms with Crippen molar-refractivity contribution >= 4 is 17.7 Å². The molecule has 0 radical (unpaired) electrons. The van der Waals surface area contributed by atoms with E-state index >= 15 is 0 Å². The molecule has 1 N–H and O–H groups in total. The fraction of sp³-hybridized carbons (Fsp3) is 0.500. The van der Waals surface area contributed by atoms with Crippen LogP contribution in [-0.4, -0.2) is 30.6 Å². The number of thioether (sulfide) groups is 1. The largest absolute Gasteiger partial charge is 0.494 e. The SMILES string of the molecule is CCOc1cccc(C(=O)N[C@@H](C)CCSC)c1. The van der Waals surface area contributed by atoms with Crippen LogP contribution in [0.5, 0.6) is 5.75 Å². The third kappa shape index (κ3) is 5.00. The fourth-order valence-electron chi connectivity index (χ4n) is 1.57. The Morgan fingerprint density at radius 3 is 2.94 bits per heavy atom. The molecule has 0 saturated heterocycles. The molecule has 0 bridgehead atoms. The number of benzene rings is 1. The number of nitrogens with one attached hydrogen (secondary N) is 1. The molecule has 3 nitrogen and oxygen atoms in total. The van der Waals surface area contributed by atoms with E-state index in [9.17, 15) is 4.79 Å². The van der Waals surface area contributed by atoms with Crippen LogP contribution in [0, 0.1) is 0 Å². The molecule has 0 heterocycles. The first-order valence-corrected chi connectivity index (χ1v) is 7.59. The van der Waals surface area contributed by atoms with Gasteiger partial charge in [-0.2, -0.15) is 11.8 Å². The van der Waals surface area contributed by atoms with Crippen LogP contribution in [-0.2, 0) is 0 Å². The van der Waals surface area contributed by atoms with Crippen LogP contribution in [0.1, 0.15) is 30.6 Å². The number of amides is 1. The minimum Gasteiger partial charge on any atom is -0.494 e. The molecule has 0 spiro atoms. The summed E-state index contributed by atoms with van der Waals surface area (Å²) in [5.41, 5.74) is 0.650. The van der Waals surface area contributed by atoms with Gasteiger partial charge in [-0.1, -0.05) is 6.07 Å². The predicted molar refractivity (Wildman–Crippen MR) is 77.5 cm³/mol. The summed E-state index contributed by atoms with van der Waals surface area (Å²) >= 11 is 1.79. The third-order valence-electron chi connectivity index (χ3n) is 2.54. The topological polar surface area (TPSA) is 38.3 Å². The molecule has 1 rings (SSSR count). The van der Waals surface area contributed by atoms with Crippen LogP contribution in [0.25, 0.3) is 0 Å². The van der Waals surface area contributed by atoms with E-state index in [1.54, 1.807) is 23.9 Å². The molecule has 0 aromatic heterocycles. The van der Waals surface area contributed by atoms with Crippen molar-refractivity contribution < 1.29 is 9.53 Å². The molecular formula is C14H21NO2S. The van der Waals surface area contributed by atoms with Gasteiger partial charge in [0.15, 0.2) is 0 Å². The van der Waals surface area contributed by atoms with Gasteiger partial charge in [-0.3, -0.25) is 4.79 Å². The highest BCUT2D eigenvalue weighted by atomic mass is 32.2. The Labute approximate surface area is 113 Å². The van der Waals surface area contributed by atoms with Crippen LogP contribution in [0.4, 0.5) is 0 Å². The Hall–Kier alpha value is -1.16. The van der Waals surface area contributed by atoms with Crippen molar-refractivity contribution in [1.29, 1.82) is 0 Å². The Balaban J connectivity index is 2.57. The molecule has 0 aliphatic heterocycles. The predicted octanol–water partition coefficient (Wildman–Crippen LogP) is 2.96. The summed E-state index contributed by atoms with van der Waals surface area (Å²) in [5, 5.41) is 2.99. The number of rotatable bonds is 7. The highest BCUT2D eigenvalue weighted by Gasteiger charge is 2.10. The third-order valence-corrected chi connectivity index (χ3v) is 3.18. The summed E-state index contributed by atoms with van der Waals surface area (Å²) in [6.45, 7) is 4.56. The fourth-order valence-corrected chi connectivity index (χ4v) is 2.16. The second-order valence-electron chi connectivity index (χ2n) is 4.12. The summed E-state index contributed by atoms with van der Waals surface area (Å²) in [6, 6.07) is 7.48. The zero-order valence-electron chi connectivity index (χ0n) is 11.2. The Morgan fingerprint density at radius 1 is 1.50 bits per heavy atom. The van der Waals surface area contributed by atoms with Gasteiger partial charge in [-0.15, -0.1) is 0 Å².